The zero-order chi connectivity index (χ0) is 15.9. The van der Waals surface area contributed by atoms with Gasteiger partial charge < -0.3 is 20.1 Å². The van der Waals surface area contributed by atoms with E-state index in [1.54, 1.807) is 13.0 Å². The third-order valence-corrected chi connectivity index (χ3v) is 2.99. The number of ether oxygens (including phenoxy) is 1. The van der Waals surface area contributed by atoms with Crippen LogP contribution in [-0.4, -0.2) is 29.1 Å². The fraction of sp³-hybridized carbons (Fsp3) is 0.250. The Labute approximate surface area is 127 Å². The molecule has 0 unspecified atom stereocenters. The Morgan fingerprint density at radius 1 is 1.32 bits per heavy atom. The van der Waals surface area contributed by atoms with Gasteiger partial charge in [0.1, 0.15) is 6.61 Å². The number of hydrogen-bond donors (Lipinski definition) is 3. The highest BCUT2D eigenvalue weighted by atomic mass is 16.5. The van der Waals surface area contributed by atoms with Crippen LogP contribution in [0.25, 0.3) is 0 Å². The summed E-state index contributed by atoms with van der Waals surface area (Å²) in [4.78, 5) is 26.8. The number of H-pyrrole nitrogens is 1. The largest absolute Gasteiger partial charge is 0.482 e. The molecule has 1 heterocycles. The van der Waals surface area contributed by atoms with Gasteiger partial charge in [-0.15, -0.1) is 0 Å². The quantitative estimate of drug-likeness (QED) is 0.742. The van der Waals surface area contributed by atoms with Crippen LogP contribution in [0.5, 0.6) is 5.75 Å². The van der Waals surface area contributed by atoms with Crippen LogP contribution in [-0.2, 0) is 6.61 Å². The smallest absolute Gasteiger partial charge is 0.291 e. The van der Waals surface area contributed by atoms with E-state index >= 15 is 0 Å². The molecular weight excluding hydrogens is 284 g/mol. The number of amides is 1. The standard InChI is InChI=1S/C16H18N2O4/c1-11-9-13(15(20)17-7-8-19)14(16(21)18-11)22-10-12-5-3-2-4-6-12/h2-6,9,19H,7-8,10H2,1H3,(H,17,20)(H,18,21). The predicted octanol–water partition coefficient (Wildman–Crippen LogP) is 0.984. The van der Waals surface area contributed by atoms with Crippen LogP contribution in [0.2, 0.25) is 0 Å². The number of pyridine rings is 1. The number of aromatic nitrogens is 1. The molecule has 0 fully saturated rings. The second-order valence-corrected chi connectivity index (χ2v) is 4.78. The molecule has 6 nitrogen and oxygen atoms in total. The maximum atomic E-state index is 12.1. The molecule has 0 atom stereocenters. The van der Waals surface area contributed by atoms with Crippen LogP contribution in [0.3, 0.4) is 0 Å². The lowest BCUT2D eigenvalue weighted by molar-refractivity contribution is 0.0939. The minimum Gasteiger partial charge on any atom is -0.482 e. The Morgan fingerprint density at radius 2 is 2.05 bits per heavy atom. The van der Waals surface area contributed by atoms with Crippen LogP contribution in [0, 0.1) is 6.92 Å². The Hall–Kier alpha value is -2.60. The zero-order valence-corrected chi connectivity index (χ0v) is 12.3. The Morgan fingerprint density at radius 3 is 2.73 bits per heavy atom. The molecule has 0 bridgehead atoms. The fourth-order valence-electron chi connectivity index (χ4n) is 1.98. The molecule has 0 aliphatic rings. The van der Waals surface area contributed by atoms with E-state index in [0.29, 0.717) is 5.69 Å². The molecule has 1 aromatic carbocycles. The van der Waals surface area contributed by atoms with E-state index < -0.39 is 11.5 Å². The van der Waals surface area contributed by atoms with Gasteiger partial charge in [-0.1, -0.05) is 30.3 Å². The Kier molecular flexibility index (Phi) is 5.32. The maximum absolute atomic E-state index is 12.1. The van der Waals surface area contributed by atoms with E-state index in [4.69, 9.17) is 9.84 Å². The van der Waals surface area contributed by atoms with Gasteiger partial charge in [-0.25, -0.2) is 0 Å². The fourth-order valence-corrected chi connectivity index (χ4v) is 1.98. The summed E-state index contributed by atoms with van der Waals surface area (Å²) in [6.07, 6.45) is 0. The molecule has 1 amide bonds. The van der Waals surface area contributed by atoms with Gasteiger partial charge in [0.05, 0.1) is 12.2 Å². The summed E-state index contributed by atoms with van der Waals surface area (Å²) in [7, 11) is 0. The Bertz CT molecular complexity index is 695. The van der Waals surface area contributed by atoms with Gasteiger partial charge in [0.2, 0.25) is 0 Å². The minimum atomic E-state index is -0.454. The molecule has 0 spiro atoms. The zero-order valence-electron chi connectivity index (χ0n) is 12.3. The number of aromatic amines is 1. The highest BCUT2D eigenvalue weighted by molar-refractivity contribution is 5.96. The van der Waals surface area contributed by atoms with Crippen LogP contribution in [0.1, 0.15) is 21.6 Å². The molecule has 2 aromatic rings. The van der Waals surface area contributed by atoms with E-state index in [-0.39, 0.29) is 31.1 Å². The molecule has 6 heteroatoms. The van der Waals surface area contributed by atoms with Crippen molar-refractivity contribution in [2.45, 2.75) is 13.5 Å². The molecule has 3 N–H and O–H groups in total. The first-order valence-corrected chi connectivity index (χ1v) is 6.91. The number of hydrogen-bond acceptors (Lipinski definition) is 4. The van der Waals surface area contributed by atoms with E-state index in [1.165, 1.54) is 0 Å². The first-order chi connectivity index (χ1) is 10.6. The van der Waals surface area contributed by atoms with E-state index in [9.17, 15) is 9.59 Å². The summed E-state index contributed by atoms with van der Waals surface area (Å²) >= 11 is 0. The van der Waals surface area contributed by atoms with Crippen molar-refractivity contribution in [1.29, 1.82) is 0 Å². The number of benzene rings is 1. The lowest BCUT2D eigenvalue weighted by Crippen LogP contribution is -2.29. The van der Waals surface area contributed by atoms with E-state index in [0.717, 1.165) is 5.56 Å². The summed E-state index contributed by atoms with van der Waals surface area (Å²) in [5.41, 5.74) is 1.16. The first kappa shape index (κ1) is 15.8. The molecular formula is C16H18N2O4. The number of rotatable bonds is 6. The molecule has 0 aliphatic heterocycles. The predicted molar refractivity (Wildman–Crippen MR) is 82.0 cm³/mol. The number of aliphatic hydroxyl groups is 1. The summed E-state index contributed by atoms with van der Waals surface area (Å²) < 4.78 is 5.54. The van der Waals surface area contributed by atoms with Crippen LogP contribution < -0.4 is 15.6 Å². The summed E-state index contributed by atoms with van der Waals surface area (Å²) in [5, 5.41) is 11.3. The highest BCUT2D eigenvalue weighted by Crippen LogP contribution is 2.15. The maximum Gasteiger partial charge on any atom is 0.291 e. The van der Waals surface area contributed by atoms with Crippen molar-refractivity contribution in [3.05, 3.63) is 63.6 Å². The Balaban J connectivity index is 2.25. The van der Waals surface area contributed by atoms with Crippen LogP contribution in [0.15, 0.2) is 41.2 Å². The van der Waals surface area contributed by atoms with Crippen LogP contribution >= 0.6 is 0 Å². The third-order valence-electron chi connectivity index (χ3n) is 2.99. The molecule has 116 valence electrons. The SMILES string of the molecule is Cc1cc(C(=O)NCCO)c(OCc2ccccc2)c(=O)[nH]1. The van der Waals surface area contributed by atoms with Crippen molar-refractivity contribution in [3.63, 3.8) is 0 Å². The lowest BCUT2D eigenvalue weighted by Gasteiger charge is -2.11. The molecule has 0 saturated heterocycles. The number of carbonyl (C=O) groups excluding carboxylic acids is 1. The molecule has 0 radical (unpaired) electrons. The van der Waals surface area contributed by atoms with Crippen molar-refractivity contribution >= 4 is 5.91 Å². The normalized spacial score (nSPS) is 10.3. The number of nitrogens with one attached hydrogen (secondary N) is 2. The summed E-state index contributed by atoms with van der Waals surface area (Å²) in [5.74, 6) is -0.476. The van der Waals surface area contributed by atoms with Crippen LogP contribution in [0.4, 0.5) is 0 Å². The van der Waals surface area contributed by atoms with E-state index in [2.05, 4.69) is 10.3 Å². The molecule has 1 aromatic heterocycles. The van der Waals surface area contributed by atoms with Gasteiger partial charge in [0, 0.05) is 12.2 Å². The third kappa shape index (κ3) is 3.95. The van der Waals surface area contributed by atoms with E-state index in [1.807, 2.05) is 30.3 Å². The monoisotopic (exact) mass is 302 g/mol. The van der Waals surface area contributed by atoms with Gasteiger partial charge in [0.25, 0.3) is 11.5 Å². The second kappa shape index (κ2) is 7.42. The van der Waals surface area contributed by atoms with Crippen molar-refractivity contribution in [2.75, 3.05) is 13.2 Å². The summed E-state index contributed by atoms with van der Waals surface area (Å²) in [6, 6.07) is 10.9. The second-order valence-electron chi connectivity index (χ2n) is 4.78. The molecule has 0 aliphatic carbocycles. The van der Waals surface area contributed by atoms with Gasteiger partial charge >= 0.3 is 0 Å². The number of aryl methyl sites for hydroxylation is 1. The molecule has 22 heavy (non-hydrogen) atoms. The van der Waals surface area contributed by atoms with Crippen molar-refractivity contribution < 1.29 is 14.6 Å². The summed E-state index contributed by atoms with van der Waals surface area (Å²) in [6.45, 7) is 1.81. The van der Waals surface area contributed by atoms with Crippen molar-refractivity contribution in [1.82, 2.24) is 10.3 Å². The van der Waals surface area contributed by atoms with Gasteiger partial charge in [-0.2, -0.15) is 0 Å². The van der Waals surface area contributed by atoms with Crippen molar-refractivity contribution in [3.8, 4) is 5.75 Å². The van der Waals surface area contributed by atoms with Gasteiger partial charge in [-0.3, -0.25) is 9.59 Å². The number of carbonyl (C=O) groups is 1. The topological polar surface area (TPSA) is 91.4 Å². The highest BCUT2D eigenvalue weighted by Gasteiger charge is 2.17. The molecule has 0 saturated carbocycles. The average molecular weight is 302 g/mol. The number of aliphatic hydroxyl groups excluding tert-OH is 1. The van der Waals surface area contributed by atoms with Crippen molar-refractivity contribution in [2.24, 2.45) is 0 Å². The van der Waals surface area contributed by atoms with Gasteiger partial charge in [-0.05, 0) is 18.6 Å². The minimum absolute atomic E-state index is 0.0232. The lowest BCUT2D eigenvalue weighted by atomic mass is 10.2. The first-order valence-electron chi connectivity index (χ1n) is 6.91. The molecule has 2 rings (SSSR count). The van der Waals surface area contributed by atoms with Gasteiger partial charge in [0.15, 0.2) is 5.75 Å². The average Bonchev–Trinajstić information content (AvgIpc) is 2.52.